The molecule has 0 spiro atoms. The van der Waals surface area contributed by atoms with Crippen molar-refractivity contribution in [3.05, 3.63) is 29.8 Å². The van der Waals surface area contributed by atoms with Crippen molar-refractivity contribution in [2.45, 2.75) is 25.4 Å². The number of amides is 1. The van der Waals surface area contributed by atoms with E-state index in [1.165, 1.54) is 24.3 Å². The lowest BCUT2D eigenvalue weighted by Gasteiger charge is -2.14. The Kier molecular flexibility index (Phi) is 8.81. The van der Waals surface area contributed by atoms with Crippen LogP contribution in [-0.4, -0.2) is 31.5 Å². The number of ether oxygens (including phenoxy) is 1. The summed E-state index contributed by atoms with van der Waals surface area (Å²) in [6.07, 6.45) is 0.310. The van der Waals surface area contributed by atoms with Gasteiger partial charge in [-0.25, -0.2) is 8.78 Å². The van der Waals surface area contributed by atoms with Crippen molar-refractivity contribution >= 4 is 18.3 Å². The molecule has 0 saturated carbocycles. The van der Waals surface area contributed by atoms with Crippen LogP contribution in [0.2, 0.25) is 0 Å². The summed E-state index contributed by atoms with van der Waals surface area (Å²) < 4.78 is 53.7. The van der Waals surface area contributed by atoms with Crippen molar-refractivity contribution in [3.8, 4) is 5.75 Å². The van der Waals surface area contributed by atoms with Crippen LogP contribution >= 0.6 is 12.4 Å². The molecule has 0 saturated heterocycles. The normalized spacial score (nSPS) is 11.0. The molecule has 126 valence electrons. The molecule has 1 rings (SSSR count). The summed E-state index contributed by atoms with van der Waals surface area (Å²) in [4.78, 5) is 11.4. The molecule has 0 aliphatic heterocycles. The Balaban J connectivity index is 0.00000441. The summed E-state index contributed by atoms with van der Waals surface area (Å²) in [5.74, 6) is -3.64. The summed E-state index contributed by atoms with van der Waals surface area (Å²) in [5.41, 5.74) is 5.55. The van der Waals surface area contributed by atoms with Gasteiger partial charge in [0.15, 0.2) is 0 Å². The van der Waals surface area contributed by atoms with Crippen molar-refractivity contribution in [3.63, 3.8) is 0 Å². The van der Waals surface area contributed by atoms with E-state index in [9.17, 15) is 22.4 Å². The monoisotopic (exact) mass is 344 g/mol. The quantitative estimate of drug-likeness (QED) is 0.712. The molecule has 0 bridgehead atoms. The number of carbonyl (C=O) groups excluding carboxylic acids is 1. The maximum absolute atomic E-state index is 12.8. The zero-order chi connectivity index (χ0) is 15.9. The average Bonchev–Trinajstić information content (AvgIpc) is 2.44. The molecule has 0 unspecified atom stereocenters. The van der Waals surface area contributed by atoms with E-state index >= 15 is 0 Å². The highest BCUT2D eigenvalue weighted by atomic mass is 35.5. The molecule has 3 N–H and O–H groups in total. The zero-order valence-electron chi connectivity index (χ0n) is 11.5. The molecule has 4 nitrogen and oxygen atoms in total. The van der Waals surface area contributed by atoms with Gasteiger partial charge in [-0.3, -0.25) is 4.79 Å². The molecule has 22 heavy (non-hydrogen) atoms. The Labute approximate surface area is 131 Å². The molecule has 1 aromatic carbocycles. The molecule has 0 heterocycles. The standard InChI is InChI=1S/C13H16F4N2O2.ClH/c14-12(15)21-10-4-1-9(2-5-10)3-6-11(20)19-8-13(16,17)7-18;/h1-2,4-5,12H,3,6-8,18H2,(H,19,20);1H. The minimum absolute atomic E-state index is 0. The number of aryl methyl sites for hydroxylation is 1. The first-order valence-corrected chi connectivity index (χ1v) is 6.21. The average molecular weight is 345 g/mol. The number of nitrogens with two attached hydrogens (primary N) is 1. The molecule has 0 aliphatic carbocycles. The van der Waals surface area contributed by atoms with Gasteiger partial charge in [-0.15, -0.1) is 12.4 Å². The van der Waals surface area contributed by atoms with Crippen LogP contribution in [0, 0.1) is 0 Å². The molecule has 0 atom stereocenters. The smallest absolute Gasteiger partial charge is 0.387 e. The molecule has 1 amide bonds. The van der Waals surface area contributed by atoms with Gasteiger partial charge in [0.05, 0.1) is 13.1 Å². The lowest BCUT2D eigenvalue weighted by Crippen LogP contribution is -2.41. The second-order valence-corrected chi connectivity index (χ2v) is 4.36. The molecular formula is C13H17ClF4N2O2. The summed E-state index contributed by atoms with van der Waals surface area (Å²) in [5, 5.41) is 2.09. The van der Waals surface area contributed by atoms with Crippen LogP contribution < -0.4 is 15.8 Å². The number of halogens is 5. The predicted octanol–water partition coefficient (Wildman–Crippen LogP) is 2.35. The molecule has 0 aromatic heterocycles. The molecule has 0 radical (unpaired) electrons. The maximum Gasteiger partial charge on any atom is 0.387 e. The summed E-state index contributed by atoms with van der Waals surface area (Å²) in [7, 11) is 0. The van der Waals surface area contributed by atoms with Gasteiger partial charge in [0.1, 0.15) is 5.75 Å². The van der Waals surface area contributed by atoms with Crippen LogP contribution in [0.4, 0.5) is 17.6 Å². The largest absolute Gasteiger partial charge is 0.435 e. The first-order valence-electron chi connectivity index (χ1n) is 6.21. The topological polar surface area (TPSA) is 64.3 Å². The molecule has 0 fully saturated rings. The Bertz CT molecular complexity index is 458. The van der Waals surface area contributed by atoms with Gasteiger partial charge >= 0.3 is 6.61 Å². The number of benzene rings is 1. The van der Waals surface area contributed by atoms with Gasteiger partial charge in [0.25, 0.3) is 5.92 Å². The van der Waals surface area contributed by atoms with Gasteiger partial charge < -0.3 is 15.8 Å². The highest BCUT2D eigenvalue weighted by Crippen LogP contribution is 2.16. The van der Waals surface area contributed by atoms with Crippen molar-refractivity contribution in [1.29, 1.82) is 0 Å². The minimum Gasteiger partial charge on any atom is -0.435 e. The van der Waals surface area contributed by atoms with E-state index in [2.05, 4.69) is 10.1 Å². The Morgan fingerprint density at radius 1 is 1.27 bits per heavy atom. The Morgan fingerprint density at radius 2 is 1.86 bits per heavy atom. The predicted molar refractivity (Wildman–Crippen MR) is 75.7 cm³/mol. The third-order valence-corrected chi connectivity index (χ3v) is 2.63. The van der Waals surface area contributed by atoms with E-state index in [1.54, 1.807) is 0 Å². The third kappa shape index (κ3) is 8.04. The molecular weight excluding hydrogens is 328 g/mol. The summed E-state index contributed by atoms with van der Waals surface area (Å²) >= 11 is 0. The second kappa shape index (κ2) is 9.47. The van der Waals surface area contributed by atoms with Crippen LogP contribution in [0.15, 0.2) is 24.3 Å². The van der Waals surface area contributed by atoms with Gasteiger partial charge in [0, 0.05) is 6.42 Å². The van der Waals surface area contributed by atoms with Gasteiger partial charge in [0.2, 0.25) is 5.91 Å². The van der Waals surface area contributed by atoms with Crippen molar-refractivity contribution in [2.75, 3.05) is 13.1 Å². The lowest BCUT2D eigenvalue weighted by atomic mass is 10.1. The highest BCUT2D eigenvalue weighted by Gasteiger charge is 2.26. The fourth-order valence-corrected chi connectivity index (χ4v) is 1.48. The van der Waals surface area contributed by atoms with Crippen LogP contribution in [0.3, 0.4) is 0 Å². The van der Waals surface area contributed by atoms with E-state index < -0.39 is 31.5 Å². The minimum atomic E-state index is -3.12. The fourth-order valence-electron chi connectivity index (χ4n) is 1.48. The van der Waals surface area contributed by atoms with Crippen LogP contribution in [0.5, 0.6) is 5.75 Å². The SMILES string of the molecule is Cl.NCC(F)(F)CNC(=O)CCc1ccc(OC(F)F)cc1. The van der Waals surface area contributed by atoms with Gasteiger partial charge in [-0.1, -0.05) is 12.1 Å². The van der Waals surface area contributed by atoms with E-state index in [4.69, 9.17) is 5.73 Å². The summed E-state index contributed by atoms with van der Waals surface area (Å²) in [6.45, 7) is -4.53. The highest BCUT2D eigenvalue weighted by molar-refractivity contribution is 5.85. The molecule has 1 aromatic rings. The fraction of sp³-hybridized carbons (Fsp3) is 0.462. The number of rotatable bonds is 8. The van der Waals surface area contributed by atoms with Gasteiger partial charge in [-0.2, -0.15) is 8.78 Å². The van der Waals surface area contributed by atoms with Crippen molar-refractivity contribution in [2.24, 2.45) is 5.73 Å². The maximum atomic E-state index is 12.8. The van der Waals surface area contributed by atoms with Crippen molar-refractivity contribution < 1.29 is 27.1 Å². The number of nitrogens with one attached hydrogen (secondary N) is 1. The molecule has 0 aliphatic rings. The van der Waals surface area contributed by atoms with Crippen LogP contribution in [-0.2, 0) is 11.2 Å². The Hall–Kier alpha value is -1.54. The van der Waals surface area contributed by atoms with Gasteiger partial charge in [-0.05, 0) is 24.1 Å². The lowest BCUT2D eigenvalue weighted by molar-refractivity contribution is -0.122. The molecule has 9 heteroatoms. The van der Waals surface area contributed by atoms with E-state index in [0.29, 0.717) is 12.0 Å². The van der Waals surface area contributed by atoms with E-state index in [1.807, 2.05) is 0 Å². The van der Waals surface area contributed by atoms with E-state index in [-0.39, 0.29) is 24.6 Å². The number of hydrogen-bond acceptors (Lipinski definition) is 3. The first-order chi connectivity index (χ1) is 9.82. The first kappa shape index (κ1) is 20.5. The second-order valence-electron chi connectivity index (χ2n) is 4.36. The number of carbonyl (C=O) groups is 1. The van der Waals surface area contributed by atoms with E-state index in [0.717, 1.165) is 0 Å². The van der Waals surface area contributed by atoms with Crippen LogP contribution in [0.1, 0.15) is 12.0 Å². The number of alkyl halides is 4. The Morgan fingerprint density at radius 3 is 2.36 bits per heavy atom. The zero-order valence-corrected chi connectivity index (χ0v) is 12.3. The number of hydrogen-bond donors (Lipinski definition) is 2. The third-order valence-electron chi connectivity index (χ3n) is 2.63. The summed E-state index contributed by atoms with van der Waals surface area (Å²) in [6, 6.07) is 5.75. The van der Waals surface area contributed by atoms with Crippen molar-refractivity contribution in [1.82, 2.24) is 5.32 Å². The van der Waals surface area contributed by atoms with Crippen LogP contribution in [0.25, 0.3) is 0 Å².